The molecule has 1 aromatic heterocycles. The summed E-state index contributed by atoms with van der Waals surface area (Å²) >= 11 is 0. The smallest absolute Gasteiger partial charge is 0.264 e. The van der Waals surface area contributed by atoms with Crippen LogP contribution in [0.25, 0.3) is 0 Å². The minimum absolute atomic E-state index is 0. The summed E-state index contributed by atoms with van der Waals surface area (Å²) in [6.07, 6.45) is 0.117. The van der Waals surface area contributed by atoms with Gasteiger partial charge in [-0.1, -0.05) is 23.4 Å². The lowest BCUT2D eigenvalue weighted by Crippen LogP contribution is -2.32. The van der Waals surface area contributed by atoms with Crippen LogP contribution in [0, 0.1) is 6.92 Å². The van der Waals surface area contributed by atoms with E-state index >= 15 is 0 Å². The van der Waals surface area contributed by atoms with Gasteiger partial charge in [0.25, 0.3) is 5.89 Å². The van der Waals surface area contributed by atoms with Crippen LogP contribution in [0.4, 0.5) is 0 Å². The van der Waals surface area contributed by atoms with Crippen LogP contribution in [0.1, 0.15) is 17.3 Å². The van der Waals surface area contributed by atoms with Gasteiger partial charge in [-0.25, -0.2) is 0 Å². The Bertz CT molecular complexity index is 984. The van der Waals surface area contributed by atoms with E-state index in [4.69, 9.17) is 23.5 Å². The third-order valence-electron chi connectivity index (χ3n) is 4.62. The molecule has 0 amide bonds. The molecule has 0 fully saturated rings. The van der Waals surface area contributed by atoms with E-state index in [1.807, 2.05) is 30.3 Å². The van der Waals surface area contributed by atoms with E-state index in [-0.39, 0.29) is 25.6 Å². The number of ether oxygens (including phenoxy) is 4. The van der Waals surface area contributed by atoms with Crippen molar-refractivity contribution in [2.75, 3.05) is 33.9 Å². The molecule has 1 unspecified atom stereocenters. The van der Waals surface area contributed by atoms with Crippen molar-refractivity contribution in [1.82, 2.24) is 15.5 Å². The summed E-state index contributed by atoms with van der Waals surface area (Å²) in [5.74, 6) is 3.41. The van der Waals surface area contributed by atoms with Gasteiger partial charge in [-0.3, -0.25) is 0 Å². The maximum absolute atomic E-state index is 10.3. The van der Waals surface area contributed by atoms with Gasteiger partial charge in [-0.05, 0) is 49.7 Å². The predicted molar refractivity (Wildman–Crippen MR) is 125 cm³/mol. The summed E-state index contributed by atoms with van der Waals surface area (Å²) in [4.78, 5) is 4.11. The minimum Gasteiger partial charge on any atom is -0.493 e. The van der Waals surface area contributed by atoms with E-state index in [9.17, 15) is 5.11 Å². The van der Waals surface area contributed by atoms with Gasteiger partial charge in [-0.15, -0.1) is 12.4 Å². The predicted octanol–water partition coefficient (Wildman–Crippen LogP) is 2.97. The topological polar surface area (TPSA) is 108 Å². The van der Waals surface area contributed by atoms with Gasteiger partial charge in [0.2, 0.25) is 0 Å². The summed E-state index contributed by atoms with van der Waals surface area (Å²) in [5.41, 5.74) is 1.11. The highest BCUT2D eigenvalue weighted by atomic mass is 35.5. The zero-order chi connectivity index (χ0) is 22.8. The molecular formula is C23H30ClN3O6. The molecule has 33 heavy (non-hydrogen) atoms. The molecule has 2 aromatic carbocycles. The van der Waals surface area contributed by atoms with E-state index in [2.05, 4.69) is 15.5 Å². The molecule has 180 valence electrons. The average Bonchev–Trinajstić information content (AvgIpc) is 3.24. The second kappa shape index (κ2) is 13.5. The van der Waals surface area contributed by atoms with Gasteiger partial charge in [0, 0.05) is 6.54 Å². The average molecular weight is 480 g/mol. The van der Waals surface area contributed by atoms with Gasteiger partial charge < -0.3 is 33.9 Å². The number of halogens is 1. The molecule has 3 aromatic rings. The highest BCUT2D eigenvalue weighted by Gasteiger charge is 2.11. The van der Waals surface area contributed by atoms with E-state index in [1.54, 1.807) is 33.3 Å². The fourth-order valence-electron chi connectivity index (χ4n) is 3.01. The monoisotopic (exact) mass is 479 g/mol. The number of aliphatic hydroxyl groups is 1. The van der Waals surface area contributed by atoms with Gasteiger partial charge in [0.15, 0.2) is 35.4 Å². The molecule has 0 radical (unpaired) electrons. The van der Waals surface area contributed by atoms with Crippen LogP contribution in [-0.2, 0) is 13.0 Å². The van der Waals surface area contributed by atoms with Crippen molar-refractivity contribution >= 4 is 12.4 Å². The highest BCUT2D eigenvalue weighted by Crippen LogP contribution is 2.28. The quantitative estimate of drug-likeness (QED) is 0.357. The number of para-hydroxylation sites is 2. The van der Waals surface area contributed by atoms with Crippen molar-refractivity contribution in [3.8, 4) is 23.0 Å². The van der Waals surface area contributed by atoms with Crippen molar-refractivity contribution in [2.45, 2.75) is 26.1 Å². The van der Waals surface area contributed by atoms with E-state index in [0.29, 0.717) is 47.8 Å². The Morgan fingerprint density at radius 1 is 1.00 bits per heavy atom. The number of aliphatic hydroxyl groups excluding tert-OH is 1. The molecule has 0 aliphatic heterocycles. The first-order chi connectivity index (χ1) is 15.6. The van der Waals surface area contributed by atoms with Crippen molar-refractivity contribution < 1.29 is 28.6 Å². The number of aromatic nitrogens is 2. The van der Waals surface area contributed by atoms with Crippen molar-refractivity contribution in [2.24, 2.45) is 0 Å². The van der Waals surface area contributed by atoms with E-state index in [0.717, 1.165) is 12.0 Å². The summed E-state index contributed by atoms with van der Waals surface area (Å²) in [6.45, 7) is 3.12. The van der Waals surface area contributed by atoms with Crippen LogP contribution in [0.3, 0.4) is 0 Å². The zero-order valence-electron chi connectivity index (χ0n) is 18.9. The van der Waals surface area contributed by atoms with Gasteiger partial charge in [0.05, 0.1) is 14.2 Å². The number of nitrogens with one attached hydrogen (secondary N) is 1. The fourth-order valence-corrected chi connectivity index (χ4v) is 3.01. The molecule has 0 aliphatic rings. The summed E-state index contributed by atoms with van der Waals surface area (Å²) < 4.78 is 27.1. The first-order valence-corrected chi connectivity index (χ1v) is 10.3. The van der Waals surface area contributed by atoms with E-state index in [1.165, 1.54) is 0 Å². The lowest BCUT2D eigenvalue weighted by molar-refractivity contribution is 0.103. The van der Waals surface area contributed by atoms with Crippen LogP contribution in [0.15, 0.2) is 47.0 Å². The summed E-state index contributed by atoms with van der Waals surface area (Å²) in [6, 6.07) is 13.1. The number of rotatable bonds is 13. The molecule has 1 heterocycles. The second-order valence-electron chi connectivity index (χ2n) is 7.08. The Labute approximate surface area is 199 Å². The Morgan fingerprint density at radius 2 is 1.73 bits per heavy atom. The van der Waals surface area contributed by atoms with E-state index < -0.39 is 6.10 Å². The summed E-state index contributed by atoms with van der Waals surface area (Å²) in [5, 5.41) is 17.2. The van der Waals surface area contributed by atoms with Crippen LogP contribution in [0.2, 0.25) is 0 Å². The molecule has 0 saturated heterocycles. The highest BCUT2D eigenvalue weighted by molar-refractivity contribution is 5.85. The number of methoxy groups -OCH3 is 2. The number of benzene rings is 2. The molecule has 0 saturated carbocycles. The SMILES string of the molecule is COc1ccc(CCNCC(O)COc2ccccc2OCc2nc(C)no2)cc1OC.Cl. The van der Waals surface area contributed by atoms with Crippen LogP contribution >= 0.6 is 12.4 Å². The summed E-state index contributed by atoms with van der Waals surface area (Å²) in [7, 11) is 3.23. The van der Waals surface area contributed by atoms with Crippen LogP contribution < -0.4 is 24.3 Å². The molecule has 2 N–H and O–H groups in total. The van der Waals surface area contributed by atoms with Crippen LogP contribution in [0.5, 0.6) is 23.0 Å². The first-order valence-electron chi connectivity index (χ1n) is 10.3. The Hall–Kier alpha value is -3.01. The molecule has 0 bridgehead atoms. The Morgan fingerprint density at radius 3 is 2.39 bits per heavy atom. The second-order valence-corrected chi connectivity index (χ2v) is 7.08. The number of hydrogen-bond donors (Lipinski definition) is 2. The molecule has 9 nitrogen and oxygen atoms in total. The number of nitrogens with zero attached hydrogens (tertiary/aromatic N) is 2. The molecular weight excluding hydrogens is 450 g/mol. The molecule has 10 heteroatoms. The standard InChI is InChI=1S/C23H29N3O6.ClH/c1-16-25-23(32-26-16)15-31-21-7-5-4-6-20(21)30-14-18(27)13-24-11-10-17-8-9-19(28-2)22(12-17)29-3;/h4-9,12,18,24,27H,10-11,13-15H2,1-3H3;1H. The number of hydrogen-bond acceptors (Lipinski definition) is 9. The van der Waals surface area contributed by atoms with Gasteiger partial charge in [-0.2, -0.15) is 4.98 Å². The first kappa shape index (κ1) is 26.2. The van der Waals surface area contributed by atoms with Crippen molar-refractivity contribution in [3.63, 3.8) is 0 Å². The maximum Gasteiger partial charge on any atom is 0.264 e. The van der Waals surface area contributed by atoms with Crippen LogP contribution in [-0.4, -0.2) is 55.3 Å². The normalized spacial score (nSPS) is 11.4. The third kappa shape index (κ3) is 8.12. The molecule has 1 atom stereocenters. The largest absolute Gasteiger partial charge is 0.493 e. The maximum atomic E-state index is 10.3. The molecule has 3 rings (SSSR count). The third-order valence-corrected chi connectivity index (χ3v) is 4.62. The van der Waals surface area contributed by atoms with Crippen molar-refractivity contribution in [3.05, 3.63) is 59.7 Å². The van der Waals surface area contributed by atoms with Gasteiger partial charge >= 0.3 is 0 Å². The lowest BCUT2D eigenvalue weighted by atomic mass is 10.1. The number of aryl methyl sites for hydroxylation is 1. The van der Waals surface area contributed by atoms with Gasteiger partial charge in [0.1, 0.15) is 12.7 Å². The van der Waals surface area contributed by atoms with Crippen molar-refractivity contribution in [1.29, 1.82) is 0 Å². The fraction of sp³-hybridized carbons (Fsp3) is 0.391. The molecule has 0 aliphatic carbocycles. The lowest BCUT2D eigenvalue weighted by Gasteiger charge is -2.15. The zero-order valence-corrected chi connectivity index (χ0v) is 19.8. The molecule has 0 spiro atoms. The Balaban J connectivity index is 0.00000385. The Kier molecular flexibility index (Phi) is 10.8. The minimum atomic E-state index is -0.674.